The quantitative estimate of drug-likeness (QED) is 0.911. The summed E-state index contributed by atoms with van der Waals surface area (Å²) in [6.45, 7) is 4.88. The van der Waals surface area contributed by atoms with Crippen molar-refractivity contribution in [1.82, 2.24) is 9.78 Å². The van der Waals surface area contributed by atoms with Crippen LogP contribution in [0.25, 0.3) is 0 Å². The highest BCUT2D eigenvalue weighted by Crippen LogP contribution is 2.26. The van der Waals surface area contributed by atoms with E-state index in [1.807, 2.05) is 30.9 Å². The molecule has 1 atom stereocenters. The number of nitrogens with one attached hydrogen (secondary N) is 1. The maximum atomic E-state index is 12.9. The summed E-state index contributed by atoms with van der Waals surface area (Å²) in [4.78, 5) is 0. The van der Waals surface area contributed by atoms with Gasteiger partial charge in [0.25, 0.3) is 0 Å². The molecule has 0 saturated heterocycles. The lowest BCUT2D eigenvalue weighted by Gasteiger charge is -2.14. The number of anilines is 1. The van der Waals surface area contributed by atoms with E-state index in [1.54, 1.807) is 6.07 Å². The van der Waals surface area contributed by atoms with Crippen molar-refractivity contribution in [2.24, 2.45) is 0 Å². The van der Waals surface area contributed by atoms with Crippen molar-refractivity contribution < 1.29 is 4.39 Å². The van der Waals surface area contributed by atoms with Crippen molar-refractivity contribution in [2.45, 2.75) is 26.4 Å². The number of hydrogen-bond donors (Lipinski definition) is 1. The second-order valence-corrected chi connectivity index (χ2v) is 4.53. The minimum atomic E-state index is -0.336. The van der Waals surface area contributed by atoms with Gasteiger partial charge in [0, 0.05) is 18.3 Å². The molecular formula is C13H15ClFN3. The number of hydrogen-bond acceptors (Lipinski definition) is 2. The van der Waals surface area contributed by atoms with Crippen LogP contribution in [0.2, 0.25) is 5.02 Å². The molecule has 0 fully saturated rings. The first-order chi connectivity index (χ1) is 8.60. The Labute approximate surface area is 111 Å². The summed E-state index contributed by atoms with van der Waals surface area (Å²) in [5.41, 5.74) is 1.78. The molecule has 2 rings (SSSR count). The fraction of sp³-hybridized carbons (Fsp3) is 0.308. The zero-order valence-electron chi connectivity index (χ0n) is 10.3. The van der Waals surface area contributed by atoms with Crippen LogP contribution in [-0.4, -0.2) is 9.78 Å². The minimum absolute atomic E-state index is 0.0632. The van der Waals surface area contributed by atoms with Gasteiger partial charge >= 0.3 is 0 Å². The largest absolute Gasteiger partial charge is 0.377 e. The van der Waals surface area contributed by atoms with E-state index in [2.05, 4.69) is 10.4 Å². The molecule has 0 saturated carbocycles. The summed E-state index contributed by atoms with van der Waals surface area (Å²) in [6, 6.07) is 4.38. The SMILES string of the molecule is CCn1cc(C(C)Nc2ccc(F)cc2Cl)cn1. The molecule has 5 heteroatoms. The standard InChI is InChI=1S/C13H15ClFN3/c1-3-18-8-10(7-16-18)9(2)17-13-5-4-11(15)6-12(13)14/h4-9,17H,3H2,1-2H3. The van der Waals surface area contributed by atoms with Gasteiger partial charge in [-0.15, -0.1) is 0 Å². The first kappa shape index (κ1) is 12.9. The monoisotopic (exact) mass is 267 g/mol. The topological polar surface area (TPSA) is 29.9 Å². The molecule has 1 unspecified atom stereocenters. The molecule has 96 valence electrons. The van der Waals surface area contributed by atoms with E-state index in [0.29, 0.717) is 5.02 Å². The molecule has 1 heterocycles. The van der Waals surface area contributed by atoms with Gasteiger partial charge in [0.1, 0.15) is 5.82 Å². The van der Waals surface area contributed by atoms with Gasteiger partial charge in [-0.1, -0.05) is 11.6 Å². The molecule has 0 radical (unpaired) electrons. The normalized spacial score (nSPS) is 12.4. The van der Waals surface area contributed by atoms with Gasteiger partial charge in [-0.25, -0.2) is 4.39 Å². The number of nitrogens with zero attached hydrogens (tertiary/aromatic N) is 2. The molecule has 0 bridgehead atoms. The molecule has 0 aliphatic heterocycles. The third-order valence-corrected chi connectivity index (χ3v) is 3.09. The maximum absolute atomic E-state index is 12.9. The average Bonchev–Trinajstić information content (AvgIpc) is 2.81. The van der Waals surface area contributed by atoms with Crippen LogP contribution in [0.5, 0.6) is 0 Å². The summed E-state index contributed by atoms with van der Waals surface area (Å²) >= 11 is 5.97. The van der Waals surface area contributed by atoms with Crippen LogP contribution in [0.3, 0.4) is 0 Å². The number of rotatable bonds is 4. The number of halogens is 2. The van der Waals surface area contributed by atoms with Crippen LogP contribution in [0.15, 0.2) is 30.6 Å². The van der Waals surface area contributed by atoms with E-state index in [9.17, 15) is 4.39 Å². The maximum Gasteiger partial charge on any atom is 0.124 e. The van der Waals surface area contributed by atoms with Gasteiger partial charge in [0.2, 0.25) is 0 Å². The van der Waals surface area contributed by atoms with E-state index in [1.165, 1.54) is 12.1 Å². The van der Waals surface area contributed by atoms with Gasteiger partial charge in [0.05, 0.1) is 22.9 Å². The number of aromatic nitrogens is 2. The predicted molar refractivity (Wildman–Crippen MR) is 71.3 cm³/mol. The molecule has 18 heavy (non-hydrogen) atoms. The van der Waals surface area contributed by atoms with Crippen molar-refractivity contribution in [3.63, 3.8) is 0 Å². The second-order valence-electron chi connectivity index (χ2n) is 4.12. The minimum Gasteiger partial charge on any atom is -0.377 e. The van der Waals surface area contributed by atoms with Crippen LogP contribution in [0.1, 0.15) is 25.5 Å². The van der Waals surface area contributed by atoms with E-state index >= 15 is 0 Å². The predicted octanol–water partition coefficient (Wildman–Crippen LogP) is 3.87. The van der Waals surface area contributed by atoms with Gasteiger partial charge in [-0.05, 0) is 32.0 Å². The molecule has 0 amide bonds. The summed E-state index contributed by atoms with van der Waals surface area (Å²) < 4.78 is 14.8. The summed E-state index contributed by atoms with van der Waals surface area (Å²) in [7, 11) is 0. The highest BCUT2D eigenvalue weighted by molar-refractivity contribution is 6.33. The highest BCUT2D eigenvalue weighted by atomic mass is 35.5. The third-order valence-electron chi connectivity index (χ3n) is 2.78. The lowest BCUT2D eigenvalue weighted by atomic mass is 10.2. The Bertz CT molecular complexity index is 539. The Morgan fingerprint density at radius 2 is 2.28 bits per heavy atom. The molecule has 0 aliphatic rings. The Balaban J connectivity index is 2.13. The van der Waals surface area contributed by atoms with Crippen LogP contribution < -0.4 is 5.32 Å². The van der Waals surface area contributed by atoms with Gasteiger partial charge in [0.15, 0.2) is 0 Å². The molecule has 1 aromatic carbocycles. The second kappa shape index (κ2) is 5.40. The molecule has 2 aromatic rings. The Morgan fingerprint density at radius 3 is 2.89 bits per heavy atom. The van der Waals surface area contributed by atoms with Gasteiger partial charge in [-0.3, -0.25) is 4.68 Å². The smallest absolute Gasteiger partial charge is 0.124 e. The van der Waals surface area contributed by atoms with E-state index in [0.717, 1.165) is 17.8 Å². The van der Waals surface area contributed by atoms with Crippen molar-refractivity contribution in [3.8, 4) is 0 Å². The average molecular weight is 268 g/mol. The number of benzene rings is 1. The first-order valence-corrected chi connectivity index (χ1v) is 6.22. The zero-order chi connectivity index (χ0) is 13.1. The molecular weight excluding hydrogens is 253 g/mol. The summed E-state index contributed by atoms with van der Waals surface area (Å²) in [6.07, 6.45) is 3.80. The summed E-state index contributed by atoms with van der Waals surface area (Å²) in [5.74, 6) is -0.336. The third kappa shape index (κ3) is 2.82. The van der Waals surface area contributed by atoms with Crippen molar-refractivity contribution in [3.05, 3.63) is 47.0 Å². The lowest BCUT2D eigenvalue weighted by Crippen LogP contribution is -2.06. The van der Waals surface area contributed by atoms with Crippen molar-refractivity contribution >= 4 is 17.3 Å². The van der Waals surface area contributed by atoms with E-state index < -0.39 is 0 Å². The lowest BCUT2D eigenvalue weighted by molar-refractivity contribution is 0.628. The highest BCUT2D eigenvalue weighted by Gasteiger charge is 2.10. The molecule has 1 N–H and O–H groups in total. The zero-order valence-corrected chi connectivity index (χ0v) is 11.1. The number of aryl methyl sites for hydroxylation is 1. The van der Waals surface area contributed by atoms with E-state index in [-0.39, 0.29) is 11.9 Å². The molecule has 0 spiro atoms. The van der Waals surface area contributed by atoms with Crippen LogP contribution in [-0.2, 0) is 6.54 Å². The van der Waals surface area contributed by atoms with Gasteiger partial charge in [-0.2, -0.15) is 5.10 Å². The fourth-order valence-electron chi connectivity index (χ4n) is 1.70. The van der Waals surface area contributed by atoms with Crippen molar-refractivity contribution in [1.29, 1.82) is 0 Å². The molecule has 1 aromatic heterocycles. The first-order valence-electron chi connectivity index (χ1n) is 5.84. The molecule has 3 nitrogen and oxygen atoms in total. The van der Waals surface area contributed by atoms with Crippen molar-refractivity contribution in [2.75, 3.05) is 5.32 Å². The fourth-order valence-corrected chi connectivity index (χ4v) is 1.92. The Kier molecular flexibility index (Phi) is 3.87. The van der Waals surface area contributed by atoms with Crippen LogP contribution in [0.4, 0.5) is 10.1 Å². The molecule has 0 aliphatic carbocycles. The summed E-state index contributed by atoms with van der Waals surface area (Å²) in [5, 5.41) is 7.84. The Morgan fingerprint density at radius 1 is 1.50 bits per heavy atom. The van der Waals surface area contributed by atoms with Crippen LogP contribution in [0, 0.1) is 5.82 Å². The van der Waals surface area contributed by atoms with E-state index in [4.69, 9.17) is 11.6 Å². The van der Waals surface area contributed by atoms with Crippen LogP contribution >= 0.6 is 11.6 Å². The van der Waals surface area contributed by atoms with Gasteiger partial charge < -0.3 is 5.32 Å². The Hall–Kier alpha value is -1.55.